The number of aryl methyl sites for hydroxylation is 1. The molecule has 1 saturated carbocycles. The fourth-order valence-corrected chi connectivity index (χ4v) is 3.37. The molecular weight excluding hydrogens is 418 g/mol. The summed E-state index contributed by atoms with van der Waals surface area (Å²) >= 11 is 0. The maximum absolute atomic E-state index is 9.62. The Bertz CT molecular complexity index is 1220. The van der Waals surface area contributed by atoms with Crippen LogP contribution in [0.5, 0.6) is 0 Å². The molecule has 170 valence electrons. The Labute approximate surface area is 192 Å². The SMILES string of the molecule is CN(C)C(=O)O.Cn1cc(-c2cccc(-c3ncc(-c4cnn(C5CCC5)c4)cn3)c2)cn1. The Morgan fingerprint density at radius 3 is 2.15 bits per heavy atom. The van der Waals surface area contributed by atoms with Crippen LogP contribution in [-0.2, 0) is 7.05 Å². The molecule has 9 heteroatoms. The summed E-state index contributed by atoms with van der Waals surface area (Å²) < 4.78 is 3.88. The van der Waals surface area contributed by atoms with Gasteiger partial charge in [-0.1, -0.05) is 18.2 Å². The molecule has 0 unspecified atom stereocenters. The average Bonchev–Trinajstić information content (AvgIpc) is 3.43. The number of hydrogen-bond acceptors (Lipinski definition) is 5. The van der Waals surface area contributed by atoms with E-state index in [4.69, 9.17) is 5.11 Å². The third kappa shape index (κ3) is 5.25. The van der Waals surface area contributed by atoms with Crippen molar-refractivity contribution in [3.05, 3.63) is 61.4 Å². The van der Waals surface area contributed by atoms with E-state index >= 15 is 0 Å². The summed E-state index contributed by atoms with van der Waals surface area (Å²) in [5.74, 6) is 0.718. The van der Waals surface area contributed by atoms with Crippen LogP contribution in [0.25, 0.3) is 33.6 Å². The van der Waals surface area contributed by atoms with E-state index in [-0.39, 0.29) is 0 Å². The molecule has 1 aliphatic rings. The van der Waals surface area contributed by atoms with Gasteiger partial charge in [0.1, 0.15) is 0 Å². The highest BCUT2D eigenvalue weighted by molar-refractivity contribution is 5.70. The molecule has 3 aromatic heterocycles. The van der Waals surface area contributed by atoms with Crippen LogP contribution in [0.2, 0.25) is 0 Å². The Kier molecular flexibility index (Phi) is 6.48. The number of carboxylic acid groups (broad SMARTS) is 1. The number of nitrogens with zero attached hydrogens (tertiary/aromatic N) is 7. The largest absolute Gasteiger partial charge is 0.465 e. The van der Waals surface area contributed by atoms with Gasteiger partial charge in [0.25, 0.3) is 0 Å². The van der Waals surface area contributed by atoms with Gasteiger partial charge in [-0.15, -0.1) is 0 Å². The van der Waals surface area contributed by atoms with Crippen LogP contribution < -0.4 is 0 Å². The summed E-state index contributed by atoms with van der Waals surface area (Å²) in [7, 11) is 4.87. The molecule has 4 aromatic rings. The molecule has 0 radical (unpaired) electrons. The molecular formula is C24H27N7O2. The van der Waals surface area contributed by atoms with E-state index < -0.39 is 6.09 Å². The van der Waals surface area contributed by atoms with E-state index in [0.717, 1.165) is 38.5 Å². The van der Waals surface area contributed by atoms with Gasteiger partial charge in [-0.05, 0) is 30.9 Å². The molecule has 5 rings (SSSR count). The molecule has 1 fully saturated rings. The maximum Gasteiger partial charge on any atom is 0.406 e. The number of aromatic nitrogens is 6. The van der Waals surface area contributed by atoms with Crippen LogP contribution in [0.3, 0.4) is 0 Å². The molecule has 3 heterocycles. The third-order valence-electron chi connectivity index (χ3n) is 5.58. The van der Waals surface area contributed by atoms with E-state index in [9.17, 15) is 4.79 Å². The minimum atomic E-state index is -0.907. The smallest absolute Gasteiger partial charge is 0.406 e. The number of amides is 1. The second-order valence-corrected chi connectivity index (χ2v) is 8.25. The van der Waals surface area contributed by atoms with E-state index in [1.807, 2.05) is 50.2 Å². The molecule has 1 aliphatic carbocycles. The summed E-state index contributed by atoms with van der Waals surface area (Å²) in [6.07, 6.45) is 14.5. The first-order chi connectivity index (χ1) is 15.9. The zero-order valence-corrected chi connectivity index (χ0v) is 19.0. The first kappa shape index (κ1) is 22.2. The summed E-state index contributed by atoms with van der Waals surface area (Å²) in [5.41, 5.74) is 5.24. The van der Waals surface area contributed by atoms with E-state index in [0.29, 0.717) is 6.04 Å². The van der Waals surface area contributed by atoms with Gasteiger partial charge in [0.2, 0.25) is 0 Å². The van der Waals surface area contributed by atoms with Crippen LogP contribution in [0.1, 0.15) is 25.3 Å². The number of hydrogen-bond donors (Lipinski definition) is 1. The van der Waals surface area contributed by atoms with E-state index in [1.54, 1.807) is 4.68 Å². The molecule has 0 saturated heterocycles. The normalized spacial score (nSPS) is 13.1. The lowest BCUT2D eigenvalue weighted by Gasteiger charge is -2.25. The topological polar surface area (TPSA) is 102 Å². The molecule has 1 amide bonds. The fourth-order valence-electron chi connectivity index (χ4n) is 3.37. The summed E-state index contributed by atoms with van der Waals surface area (Å²) in [6, 6.07) is 8.79. The highest BCUT2D eigenvalue weighted by atomic mass is 16.4. The quantitative estimate of drug-likeness (QED) is 0.501. The van der Waals surface area contributed by atoms with Crippen LogP contribution in [-0.4, -0.2) is 59.7 Å². The molecule has 0 atom stereocenters. The predicted octanol–water partition coefficient (Wildman–Crippen LogP) is 4.36. The average molecular weight is 446 g/mol. The monoisotopic (exact) mass is 445 g/mol. The van der Waals surface area contributed by atoms with E-state index in [2.05, 4.69) is 43.2 Å². The van der Waals surface area contributed by atoms with Gasteiger partial charge in [-0.25, -0.2) is 14.8 Å². The standard InChI is InChI=1S/C21H20N6.C3H7NO2/c1-26-13-18(11-24-26)15-4-2-5-16(8-15)21-22-9-17(10-23-21)19-12-25-27(14-19)20-6-3-7-20;1-4(2)3(5)6/h2,4-5,8-14,20H,3,6-7H2,1H3;1-2H3,(H,5,6). The van der Waals surface area contributed by atoms with Gasteiger partial charge in [0.15, 0.2) is 5.82 Å². The second kappa shape index (κ2) is 9.64. The molecule has 1 aromatic carbocycles. The van der Waals surface area contributed by atoms with Gasteiger partial charge in [0.05, 0.1) is 18.4 Å². The minimum absolute atomic E-state index is 0.564. The lowest BCUT2D eigenvalue weighted by molar-refractivity contribution is 0.165. The van der Waals surface area contributed by atoms with Gasteiger partial charge >= 0.3 is 6.09 Å². The molecule has 33 heavy (non-hydrogen) atoms. The van der Waals surface area contributed by atoms with Crippen molar-refractivity contribution in [3.8, 4) is 33.6 Å². The van der Waals surface area contributed by atoms with Gasteiger partial charge in [0, 0.05) is 68.2 Å². The number of rotatable bonds is 4. The number of carbonyl (C=O) groups is 1. The highest BCUT2D eigenvalue weighted by Gasteiger charge is 2.20. The van der Waals surface area contributed by atoms with Gasteiger partial charge < -0.3 is 10.0 Å². The first-order valence-corrected chi connectivity index (χ1v) is 10.8. The first-order valence-electron chi connectivity index (χ1n) is 10.8. The van der Waals surface area contributed by atoms with Crippen LogP contribution in [0, 0.1) is 0 Å². The molecule has 9 nitrogen and oxygen atoms in total. The minimum Gasteiger partial charge on any atom is -0.465 e. The molecule has 0 bridgehead atoms. The van der Waals surface area contributed by atoms with Crippen molar-refractivity contribution in [2.24, 2.45) is 7.05 Å². The zero-order valence-electron chi connectivity index (χ0n) is 19.0. The van der Waals surface area contributed by atoms with Crippen LogP contribution >= 0.6 is 0 Å². The van der Waals surface area contributed by atoms with Crippen molar-refractivity contribution >= 4 is 6.09 Å². The number of benzene rings is 1. The molecule has 0 spiro atoms. The lowest BCUT2D eigenvalue weighted by atomic mass is 9.93. The highest BCUT2D eigenvalue weighted by Crippen LogP contribution is 2.32. The van der Waals surface area contributed by atoms with Crippen molar-refractivity contribution in [3.63, 3.8) is 0 Å². The third-order valence-corrected chi connectivity index (χ3v) is 5.58. The lowest BCUT2D eigenvalue weighted by Crippen LogP contribution is -2.18. The Morgan fingerprint density at radius 1 is 0.939 bits per heavy atom. The Morgan fingerprint density at radius 2 is 1.58 bits per heavy atom. The maximum atomic E-state index is 9.62. The van der Waals surface area contributed by atoms with Crippen molar-refractivity contribution < 1.29 is 9.90 Å². The van der Waals surface area contributed by atoms with Gasteiger partial charge in [-0.2, -0.15) is 10.2 Å². The summed E-state index contributed by atoms with van der Waals surface area (Å²) in [5, 5.41) is 16.7. The molecule has 1 N–H and O–H groups in total. The van der Waals surface area contributed by atoms with Crippen molar-refractivity contribution in [1.29, 1.82) is 0 Å². The second-order valence-electron chi connectivity index (χ2n) is 8.25. The zero-order chi connectivity index (χ0) is 23.4. The van der Waals surface area contributed by atoms with Gasteiger partial charge in [-0.3, -0.25) is 9.36 Å². The van der Waals surface area contributed by atoms with Crippen LogP contribution in [0.15, 0.2) is 61.4 Å². The summed E-state index contributed by atoms with van der Waals surface area (Å²) in [6.45, 7) is 0. The van der Waals surface area contributed by atoms with Crippen molar-refractivity contribution in [1.82, 2.24) is 34.4 Å². The van der Waals surface area contributed by atoms with E-state index in [1.165, 1.54) is 33.4 Å². The summed E-state index contributed by atoms with van der Waals surface area (Å²) in [4.78, 5) is 19.9. The predicted molar refractivity (Wildman–Crippen MR) is 125 cm³/mol. The molecule has 0 aliphatic heterocycles. The Hall–Kier alpha value is -4.01. The Balaban J connectivity index is 0.000000385. The van der Waals surface area contributed by atoms with Crippen LogP contribution in [0.4, 0.5) is 4.79 Å². The fraction of sp³-hybridized carbons (Fsp3) is 0.292. The van der Waals surface area contributed by atoms with Crippen molar-refractivity contribution in [2.45, 2.75) is 25.3 Å². The van der Waals surface area contributed by atoms with Crippen molar-refractivity contribution in [2.75, 3.05) is 14.1 Å².